The van der Waals surface area contributed by atoms with E-state index in [1.54, 1.807) is 28.5 Å². The topological polar surface area (TPSA) is 138 Å². The molecular weight excluding hydrogens is 641 g/mol. The molecule has 0 bridgehead atoms. The van der Waals surface area contributed by atoms with Gasteiger partial charge in [0.25, 0.3) is 0 Å². The number of nitrogens with zero attached hydrogens (tertiary/aromatic N) is 9. The summed E-state index contributed by atoms with van der Waals surface area (Å²) in [4.78, 5) is 47.7. The monoisotopic (exact) mass is 678 g/mol. The normalized spacial score (nSPS) is 19.9. The number of amides is 2. The molecule has 7 heterocycles. The van der Waals surface area contributed by atoms with Crippen molar-refractivity contribution in [1.82, 2.24) is 44.7 Å². The Morgan fingerprint density at radius 1 is 1.08 bits per heavy atom. The highest BCUT2D eigenvalue weighted by Gasteiger charge is 2.51. The number of aromatic nitrogens is 7. The molecular formula is C35H38N10O3S. The number of fused-ring (bicyclic) bond motifs is 1. The Morgan fingerprint density at radius 2 is 1.96 bits per heavy atom. The van der Waals surface area contributed by atoms with Gasteiger partial charge in [-0.3, -0.25) is 24.3 Å². The molecule has 1 spiro atoms. The second-order valence-electron chi connectivity index (χ2n) is 13.4. The standard InChI is InChI=1S/C35H38N10O3S/c1-22(2)48-29-7-4-24(17-36-29)31-26-16-25(5-6-27(26)39-40-31)45-15-11-35(34(45)47)10-14-43(20-35)19-30(46)44-12-8-23(9-13-44)33-37-18-28(49-33)32-38-21-42(3)41-32/h4-8,16-18,21-22H,9-15,19-20H2,1-3H3,(H,39,40)/t35-/m0/s1. The molecule has 5 aromatic rings. The van der Waals surface area contributed by atoms with Gasteiger partial charge in [0.1, 0.15) is 17.0 Å². The Labute approximate surface area is 287 Å². The van der Waals surface area contributed by atoms with Gasteiger partial charge in [0.2, 0.25) is 17.7 Å². The van der Waals surface area contributed by atoms with Crippen molar-refractivity contribution in [3.8, 4) is 27.8 Å². The molecule has 0 aliphatic carbocycles. The number of hydrogen-bond acceptors (Lipinski definition) is 10. The van der Waals surface area contributed by atoms with Gasteiger partial charge in [0.15, 0.2) is 5.82 Å². The molecule has 0 saturated carbocycles. The van der Waals surface area contributed by atoms with E-state index in [4.69, 9.17) is 4.74 Å². The largest absolute Gasteiger partial charge is 0.475 e. The van der Waals surface area contributed by atoms with Crippen molar-refractivity contribution >= 4 is 45.3 Å². The van der Waals surface area contributed by atoms with Crippen molar-refractivity contribution in [2.75, 3.05) is 44.2 Å². The lowest BCUT2D eigenvalue weighted by Gasteiger charge is -2.28. The zero-order valence-corrected chi connectivity index (χ0v) is 28.6. The molecule has 4 aromatic heterocycles. The van der Waals surface area contributed by atoms with E-state index in [0.29, 0.717) is 44.4 Å². The summed E-state index contributed by atoms with van der Waals surface area (Å²) in [6, 6.07) is 9.81. The maximum absolute atomic E-state index is 14.0. The van der Waals surface area contributed by atoms with Gasteiger partial charge in [0, 0.05) is 68.3 Å². The summed E-state index contributed by atoms with van der Waals surface area (Å²) in [5.41, 5.74) is 4.09. The number of carbonyl (C=O) groups excluding carboxylic acids is 2. The molecule has 1 N–H and O–H groups in total. The first-order valence-corrected chi connectivity index (χ1v) is 17.5. The van der Waals surface area contributed by atoms with Gasteiger partial charge in [-0.25, -0.2) is 15.0 Å². The van der Waals surface area contributed by atoms with E-state index in [1.807, 2.05) is 67.2 Å². The summed E-state index contributed by atoms with van der Waals surface area (Å²) >= 11 is 1.58. The van der Waals surface area contributed by atoms with Crippen LogP contribution in [0.1, 0.15) is 38.1 Å². The number of aryl methyl sites for hydroxylation is 1. The summed E-state index contributed by atoms with van der Waals surface area (Å²) in [5, 5.41) is 13.9. The number of H-pyrrole nitrogens is 1. The van der Waals surface area contributed by atoms with Crippen molar-refractivity contribution in [3.63, 3.8) is 0 Å². The Bertz CT molecular complexity index is 2060. The molecule has 13 nitrogen and oxygen atoms in total. The smallest absolute Gasteiger partial charge is 0.237 e. The van der Waals surface area contributed by atoms with Crippen LogP contribution in [0.15, 0.2) is 55.1 Å². The van der Waals surface area contributed by atoms with Crippen LogP contribution in [0.5, 0.6) is 5.88 Å². The number of thiazole rings is 1. The van der Waals surface area contributed by atoms with Gasteiger partial charge in [-0.2, -0.15) is 10.2 Å². The van der Waals surface area contributed by atoms with Gasteiger partial charge in [0.05, 0.1) is 28.5 Å². The van der Waals surface area contributed by atoms with Crippen LogP contribution < -0.4 is 9.64 Å². The Hall–Kier alpha value is -4.95. The number of likely N-dealkylation sites (tertiary alicyclic amines) is 1. The van der Waals surface area contributed by atoms with Crippen molar-refractivity contribution in [3.05, 3.63) is 60.1 Å². The van der Waals surface area contributed by atoms with Crippen LogP contribution in [0.25, 0.3) is 38.4 Å². The minimum Gasteiger partial charge on any atom is -0.475 e. The van der Waals surface area contributed by atoms with E-state index >= 15 is 0 Å². The molecule has 2 fully saturated rings. The Kier molecular flexibility index (Phi) is 7.99. The number of benzene rings is 1. The van der Waals surface area contributed by atoms with Crippen LogP contribution in [-0.4, -0.2) is 102 Å². The van der Waals surface area contributed by atoms with Gasteiger partial charge < -0.3 is 14.5 Å². The number of pyridine rings is 1. The van der Waals surface area contributed by atoms with Crippen LogP contribution in [0, 0.1) is 5.41 Å². The predicted molar refractivity (Wildman–Crippen MR) is 187 cm³/mol. The van der Waals surface area contributed by atoms with Crippen LogP contribution in [0.4, 0.5) is 5.69 Å². The number of anilines is 1. The van der Waals surface area contributed by atoms with E-state index < -0.39 is 5.41 Å². The third-order valence-corrected chi connectivity index (χ3v) is 10.8. The van der Waals surface area contributed by atoms with E-state index in [1.165, 1.54) is 0 Å². The van der Waals surface area contributed by atoms with Gasteiger partial charge in [-0.15, -0.1) is 11.3 Å². The van der Waals surface area contributed by atoms with E-state index in [9.17, 15) is 9.59 Å². The molecule has 3 aliphatic rings. The molecule has 14 heteroatoms. The fourth-order valence-corrected chi connectivity index (χ4v) is 8.04. The van der Waals surface area contributed by atoms with Crippen molar-refractivity contribution in [2.24, 2.45) is 12.5 Å². The van der Waals surface area contributed by atoms with Crippen LogP contribution in [0.2, 0.25) is 0 Å². The molecule has 1 atom stereocenters. The quantitative estimate of drug-likeness (QED) is 0.253. The zero-order valence-electron chi connectivity index (χ0n) is 27.8. The third kappa shape index (κ3) is 5.99. The van der Waals surface area contributed by atoms with Gasteiger partial charge in [-0.05, 0) is 69.5 Å². The number of aromatic amines is 1. The lowest BCUT2D eigenvalue weighted by atomic mass is 9.85. The molecule has 252 valence electrons. The van der Waals surface area contributed by atoms with Crippen molar-refractivity contribution in [1.29, 1.82) is 0 Å². The first kappa shape index (κ1) is 31.3. The predicted octanol–water partition coefficient (Wildman–Crippen LogP) is 4.41. The first-order chi connectivity index (χ1) is 23.7. The molecule has 3 aliphatic heterocycles. The number of nitrogens with one attached hydrogen (secondary N) is 1. The summed E-state index contributed by atoms with van der Waals surface area (Å²) in [5.74, 6) is 1.48. The van der Waals surface area contributed by atoms with Gasteiger partial charge >= 0.3 is 0 Å². The van der Waals surface area contributed by atoms with E-state index in [0.717, 1.165) is 69.1 Å². The molecule has 49 heavy (non-hydrogen) atoms. The Balaban J connectivity index is 0.896. The van der Waals surface area contributed by atoms with E-state index in [-0.39, 0.29) is 17.9 Å². The minimum absolute atomic E-state index is 0.0444. The summed E-state index contributed by atoms with van der Waals surface area (Å²) in [6.07, 6.45) is 9.69. The summed E-state index contributed by atoms with van der Waals surface area (Å²) in [7, 11) is 1.85. The van der Waals surface area contributed by atoms with Crippen molar-refractivity contribution < 1.29 is 14.3 Å². The second kappa shape index (κ2) is 12.5. The lowest BCUT2D eigenvalue weighted by molar-refractivity contribution is -0.132. The lowest BCUT2D eigenvalue weighted by Crippen LogP contribution is -2.43. The van der Waals surface area contributed by atoms with Crippen LogP contribution in [0.3, 0.4) is 0 Å². The van der Waals surface area contributed by atoms with Crippen LogP contribution in [-0.2, 0) is 16.6 Å². The SMILES string of the molecule is CC(C)Oc1ccc(-c2n[nH]c3ccc(N4CC[C@]5(CCN(CC(=O)N6CC=C(c7ncc(-c8ncn(C)n8)s7)CC6)C5)C4=O)cc23)cn1. The molecule has 1 aromatic carbocycles. The molecule has 0 radical (unpaired) electrons. The molecule has 8 rings (SSSR count). The minimum atomic E-state index is -0.468. The van der Waals surface area contributed by atoms with Gasteiger partial charge in [-0.1, -0.05) is 6.08 Å². The highest BCUT2D eigenvalue weighted by atomic mass is 32.1. The highest BCUT2D eigenvalue weighted by Crippen LogP contribution is 2.43. The van der Waals surface area contributed by atoms with Crippen LogP contribution >= 0.6 is 11.3 Å². The number of ether oxygens (including phenoxy) is 1. The number of carbonyl (C=O) groups is 2. The highest BCUT2D eigenvalue weighted by molar-refractivity contribution is 7.16. The molecule has 2 saturated heterocycles. The summed E-state index contributed by atoms with van der Waals surface area (Å²) in [6.45, 7) is 7.45. The zero-order chi connectivity index (χ0) is 33.7. The van der Waals surface area contributed by atoms with Crippen molar-refractivity contribution in [2.45, 2.75) is 39.2 Å². The summed E-state index contributed by atoms with van der Waals surface area (Å²) < 4.78 is 7.37. The first-order valence-electron chi connectivity index (χ1n) is 16.7. The fourth-order valence-electron chi connectivity index (χ4n) is 7.12. The third-order valence-electron chi connectivity index (χ3n) is 9.69. The van der Waals surface area contributed by atoms with E-state index in [2.05, 4.69) is 41.2 Å². The average Bonchev–Trinajstić information content (AvgIpc) is 3.94. The molecule has 2 amide bonds. The fraction of sp³-hybridized carbons (Fsp3) is 0.400. The average molecular weight is 679 g/mol. The second-order valence-corrected chi connectivity index (χ2v) is 14.4. The Morgan fingerprint density at radius 3 is 2.71 bits per heavy atom. The maximum atomic E-state index is 14.0. The molecule has 0 unspecified atom stereocenters. The number of hydrogen-bond donors (Lipinski definition) is 1. The number of rotatable bonds is 8. The maximum Gasteiger partial charge on any atom is 0.237 e.